The maximum atomic E-state index is 5.44. The van der Waals surface area contributed by atoms with Crippen LogP contribution in [0.2, 0.25) is 0 Å². The van der Waals surface area contributed by atoms with Gasteiger partial charge in [-0.05, 0) is 52.6 Å². The fourth-order valence-corrected chi connectivity index (χ4v) is 3.68. The number of hydrogen-bond acceptors (Lipinski definition) is 2. The largest absolute Gasteiger partial charge is 0.379 e. The smallest absolute Gasteiger partial charge is 0.0594 e. The number of fused-ring (bicyclic) bond motifs is 2. The number of morpholine rings is 1. The summed E-state index contributed by atoms with van der Waals surface area (Å²) in [6.07, 6.45) is 2.34. The van der Waals surface area contributed by atoms with E-state index in [1.165, 1.54) is 40.1 Å². The SMILES string of the molecule is c1ccc2c(CCCN3CCOCC3)c3ccccc3cc2c1. The molecule has 1 saturated heterocycles. The number of benzene rings is 3. The Morgan fingerprint density at radius 2 is 1.43 bits per heavy atom. The van der Waals surface area contributed by atoms with Gasteiger partial charge in [-0.1, -0.05) is 48.5 Å². The molecule has 0 aliphatic carbocycles. The molecule has 118 valence electrons. The van der Waals surface area contributed by atoms with Gasteiger partial charge in [0.1, 0.15) is 0 Å². The standard InChI is InChI=1S/C21H23NO/c1-3-8-19-17(6-1)16-18-7-2-4-9-20(18)21(19)10-5-11-22-12-14-23-15-13-22/h1-4,6-9,16H,5,10-15H2. The molecule has 0 radical (unpaired) electrons. The van der Waals surface area contributed by atoms with E-state index in [0.29, 0.717) is 0 Å². The van der Waals surface area contributed by atoms with Crippen molar-refractivity contribution in [3.8, 4) is 0 Å². The lowest BCUT2D eigenvalue weighted by Crippen LogP contribution is -2.36. The second-order valence-electron chi connectivity index (χ2n) is 6.35. The molecule has 3 aromatic rings. The average molecular weight is 305 g/mol. The van der Waals surface area contributed by atoms with Gasteiger partial charge >= 0.3 is 0 Å². The minimum atomic E-state index is 0.886. The molecule has 0 N–H and O–H groups in total. The molecule has 0 unspecified atom stereocenters. The predicted molar refractivity (Wildman–Crippen MR) is 97.0 cm³/mol. The summed E-state index contributed by atoms with van der Waals surface area (Å²) in [5, 5.41) is 5.53. The molecule has 0 aromatic heterocycles. The monoisotopic (exact) mass is 305 g/mol. The molecule has 2 heteroatoms. The zero-order valence-electron chi connectivity index (χ0n) is 13.5. The number of hydrogen-bond donors (Lipinski definition) is 0. The molecule has 1 heterocycles. The summed E-state index contributed by atoms with van der Waals surface area (Å²) in [5.74, 6) is 0. The molecule has 4 rings (SSSR count). The van der Waals surface area contributed by atoms with E-state index in [4.69, 9.17) is 4.74 Å². The van der Waals surface area contributed by atoms with Crippen molar-refractivity contribution in [3.63, 3.8) is 0 Å². The predicted octanol–water partition coefficient (Wildman–Crippen LogP) is 4.26. The van der Waals surface area contributed by atoms with Gasteiger partial charge < -0.3 is 4.74 Å². The van der Waals surface area contributed by atoms with Crippen molar-refractivity contribution in [3.05, 3.63) is 60.2 Å². The van der Waals surface area contributed by atoms with Crippen molar-refractivity contribution in [2.75, 3.05) is 32.8 Å². The van der Waals surface area contributed by atoms with Crippen molar-refractivity contribution in [2.24, 2.45) is 0 Å². The first kappa shape index (κ1) is 14.7. The Morgan fingerprint density at radius 1 is 0.826 bits per heavy atom. The van der Waals surface area contributed by atoms with Crippen molar-refractivity contribution in [1.82, 2.24) is 4.90 Å². The zero-order chi connectivity index (χ0) is 15.5. The van der Waals surface area contributed by atoms with Gasteiger partial charge in [-0.3, -0.25) is 4.90 Å². The van der Waals surface area contributed by atoms with Gasteiger partial charge in [0.25, 0.3) is 0 Å². The minimum absolute atomic E-state index is 0.886. The summed E-state index contributed by atoms with van der Waals surface area (Å²) in [6.45, 7) is 5.10. The van der Waals surface area contributed by atoms with E-state index < -0.39 is 0 Å². The van der Waals surface area contributed by atoms with Crippen LogP contribution in [0.1, 0.15) is 12.0 Å². The maximum absolute atomic E-state index is 5.44. The maximum Gasteiger partial charge on any atom is 0.0594 e. The molecule has 0 bridgehead atoms. The van der Waals surface area contributed by atoms with E-state index in [-0.39, 0.29) is 0 Å². The first-order valence-corrected chi connectivity index (χ1v) is 8.61. The molecule has 0 saturated carbocycles. The molecule has 0 spiro atoms. The minimum Gasteiger partial charge on any atom is -0.379 e. The summed E-state index contributed by atoms with van der Waals surface area (Å²) in [4.78, 5) is 2.52. The number of aryl methyl sites for hydroxylation is 1. The van der Waals surface area contributed by atoms with Gasteiger partial charge in [0.05, 0.1) is 13.2 Å². The Balaban J connectivity index is 1.63. The lowest BCUT2D eigenvalue weighted by atomic mass is 9.94. The van der Waals surface area contributed by atoms with E-state index in [2.05, 4.69) is 59.5 Å². The molecule has 1 aliphatic heterocycles. The Labute approximate surface area is 137 Å². The number of ether oxygens (including phenoxy) is 1. The number of rotatable bonds is 4. The van der Waals surface area contributed by atoms with Crippen LogP contribution in [0.5, 0.6) is 0 Å². The van der Waals surface area contributed by atoms with Gasteiger partial charge in [0.15, 0.2) is 0 Å². The van der Waals surface area contributed by atoms with Crippen LogP contribution in [0.3, 0.4) is 0 Å². The molecule has 1 aliphatic rings. The highest BCUT2D eigenvalue weighted by molar-refractivity contribution is 6.02. The number of nitrogens with zero attached hydrogens (tertiary/aromatic N) is 1. The van der Waals surface area contributed by atoms with Gasteiger partial charge in [0, 0.05) is 13.1 Å². The summed E-state index contributed by atoms with van der Waals surface area (Å²) >= 11 is 0. The van der Waals surface area contributed by atoms with Gasteiger partial charge in [-0.25, -0.2) is 0 Å². The van der Waals surface area contributed by atoms with Gasteiger partial charge in [-0.15, -0.1) is 0 Å². The summed E-state index contributed by atoms with van der Waals surface area (Å²) < 4.78 is 5.44. The van der Waals surface area contributed by atoms with Crippen LogP contribution in [-0.4, -0.2) is 37.7 Å². The normalized spacial score (nSPS) is 16.2. The molecule has 1 fully saturated rings. The molecule has 2 nitrogen and oxygen atoms in total. The Hall–Kier alpha value is -1.90. The molecule has 0 atom stereocenters. The first-order chi connectivity index (χ1) is 11.4. The van der Waals surface area contributed by atoms with Crippen molar-refractivity contribution in [1.29, 1.82) is 0 Å². The van der Waals surface area contributed by atoms with E-state index in [0.717, 1.165) is 32.7 Å². The molecular weight excluding hydrogens is 282 g/mol. The third kappa shape index (κ3) is 3.10. The molecule has 0 amide bonds. The second-order valence-corrected chi connectivity index (χ2v) is 6.35. The van der Waals surface area contributed by atoms with Crippen LogP contribution in [0, 0.1) is 0 Å². The second kappa shape index (κ2) is 6.69. The van der Waals surface area contributed by atoms with Crippen molar-refractivity contribution < 1.29 is 4.74 Å². The van der Waals surface area contributed by atoms with E-state index in [1.54, 1.807) is 0 Å². The molecular formula is C21H23NO. The Bertz CT molecular complexity index is 751. The fraction of sp³-hybridized carbons (Fsp3) is 0.333. The molecule has 23 heavy (non-hydrogen) atoms. The quantitative estimate of drug-likeness (QED) is 0.668. The highest BCUT2D eigenvalue weighted by Crippen LogP contribution is 2.29. The van der Waals surface area contributed by atoms with Crippen LogP contribution in [-0.2, 0) is 11.2 Å². The summed E-state index contributed by atoms with van der Waals surface area (Å²) in [7, 11) is 0. The van der Waals surface area contributed by atoms with E-state index in [1.807, 2.05) is 0 Å². The van der Waals surface area contributed by atoms with Crippen molar-refractivity contribution >= 4 is 21.5 Å². The highest BCUT2D eigenvalue weighted by Gasteiger charge is 2.11. The summed E-state index contributed by atoms with van der Waals surface area (Å²) in [6, 6.07) is 19.9. The van der Waals surface area contributed by atoms with Crippen LogP contribution < -0.4 is 0 Å². The van der Waals surface area contributed by atoms with Gasteiger partial charge in [0.2, 0.25) is 0 Å². The highest BCUT2D eigenvalue weighted by atomic mass is 16.5. The van der Waals surface area contributed by atoms with Crippen LogP contribution in [0.15, 0.2) is 54.6 Å². The zero-order valence-corrected chi connectivity index (χ0v) is 13.5. The fourth-order valence-electron chi connectivity index (χ4n) is 3.68. The Morgan fingerprint density at radius 3 is 2.09 bits per heavy atom. The Kier molecular flexibility index (Phi) is 4.27. The van der Waals surface area contributed by atoms with Crippen molar-refractivity contribution in [2.45, 2.75) is 12.8 Å². The third-order valence-electron chi connectivity index (χ3n) is 4.89. The lowest BCUT2D eigenvalue weighted by Gasteiger charge is -2.26. The third-order valence-corrected chi connectivity index (χ3v) is 4.89. The van der Waals surface area contributed by atoms with E-state index >= 15 is 0 Å². The van der Waals surface area contributed by atoms with Crippen LogP contribution in [0.4, 0.5) is 0 Å². The van der Waals surface area contributed by atoms with E-state index in [9.17, 15) is 0 Å². The topological polar surface area (TPSA) is 12.5 Å². The molecule has 3 aromatic carbocycles. The van der Waals surface area contributed by atoms with Gasteiger partial charge in [-0.2, -0.15) is 0 Å². The first-order valence-electron chi connectivity index (χ1n) is 8.61. The lowest BCUT2D eigenvalue weighted by molar-refractivity contribution is 0.0375. The van der Waals surface area contributed by atoms with Crippen LogP contribution >= 0.6 is 0 Å². The average Bonchev–Trinajstić information content (AvgIpc) is 2.62. The summed E-state index contributed by atoms with van der Waals surface area (Å²) in [5.41, 5.74) is 1.51. The van der Waals surface area contributed by atoms with Crippen LogP contribution in [0.25, 0.3) is 21.5 Å².